The summed E-state index contributed by atoms with van der Waals surface area (Å²) in [5.74, 6) is 2.02. The topological polar surface area (TPSA) is 26.0 Å². The molecule has 0 aromatic rings. The summed E-state index contributed by atoms with van der Waals surface area (Å²) in [7, 11) is 0. The van der Waals surface area contributed by atoms with E-state index < -0.39 is 0 Å². The summed E-state index contributed by atoms with van der Waals surface area (Å²) < 4.78 is 0. The van der Waals surface area contributed by atoms with Gasteiger partial charge in [0.2, 0.25) is 0 Å². The van der Waals surface area contributed by atoms with E-state index in [0.717, 1.165) is 18.4 Å². The van der Waals surface area contributed by atoms with Crippen LogP contribution in [0.1, 0.15) is 45.4 Å². The largest absolute Gasteiger partial charge is 0.330 e. The molecule has 2 fully saturated rings. The zero-order valence-electron chi connectivity index (χ0n) is 8.18. The van der Waals surface area contributed by atoms with Crippen molar-refractivity contribution in [1.82, 2.24) is 0 Å². The van der Waals surface area contributed by atoms with Gasteiger partial charge in [0.25, 0.3) is 0 Å². The van der Waals surface area contributed by atoms with Crippen LogP contribution in [0.25, 0.3) is 0 Å². The highest BCUT2D eigenvalue weighted by molar-refractivity contribution is 4.99. The van der Waals surface area contributed by atoms with E-state index in [1.165, 1.54) is 38.5 Å². The molecule has 0 saturated heterocycles. The number of hydrogen-bond acceptors (Lipinski definition) is 1. The van der Waals surface area contributed by atoms with E-state index in [-0.39, 0.29) is 0 Å². The molecule has 2 saturated carbocycles. The predicted molar refractivity (Wildman–Crippen MR) is 51.8 cm³/mol. The lowest BCUT2D eigenvalue weighted by Gasteiger charge is -2.53. The molecule has 70 valence electrons. The van der Waals surface area contributed by atoms with E-state index in [0.29, 0.717) is 5.41 Å². The minimum Gasteiger partial charge on any atom is -0.330 e. The van der Waals surface area contributed by atoms with Crippen LogP contribution in [0.15, 0.2) is 0 Å². The highest BCUT2D eigenvalue weighted by Crippen LogP contribution is 2.55. The lowest BCUT2D eigenvalue weighted by Crippen LogP contribution is -2.49. The van der Waals surface area contributed by atoms with Crippen molar-refractivity contribution in [2.24, 2.45) is 23.0 Å². The van der Waals surface area contributed by atoms with E-state index in [1.54, 1.807) is 0 Å². The van der Waals surface area contributed by atoms with E-state index in [9.17, 15) is 0 Å². The molecule has 0 heterocycles. The van der Waals surface area contributed by atoms with E-state index >= 15 is 0 Å². The number of hydrogen-bond donors (Lipinski definition) is 1. The summed E-state index contributed by atoms with van der Waals surface area (Å²) in [6.07, 6.45) is 8.75. The molecule has 0 amide bonds. The molecule has 1 nitrogen and oxygen atoms in total. The van der Waals surface area contributed by atoms with Gasteiger partial charge < -0.3 is 5.73 Å². The number of fused-ring (bicyclic) bond motifs is 1. The summed E-state index contributed by atoms with van der Waals surface area (Å²) in [5.41, 5.74) is 6.35. The molecule has 1 heteroatoms. The maximum Gasteiger partial charge on any atom is -0.00203 e. The standard InChI is InChI=1S/C11H21N/c1-11(8-12)7-9-5-3-2-4-6-10(9)11/h9-10H,2-8,12H2,1H3/t9-,10-,11+/m0/s1. The smallest absolute Gasteiger partial charge is 0.00203 e. The highest BCUT2D eigenvalue weighted by atomic mass is 14.7. The third kappa shape index (κ3) is 1.19. The fourth-order valence-electron chi connectivity index (χ4n) is 3.37. The predicted octanol–water partition coefficient (Wildman–Crippen LogP) is 2.55. The molecule has 2 aliphatic rings. The Bertz CT molecular complexity index is 166. The normalized spacial score (nSPS) is 47.5. The SMILES string of the molecule is C[C@]1(CN)C[C@@H]2CCCCC[C@@H]21. The number of rotatable bonds is 1. The van der Waals surface area contributed by atoms with Crippen molar-refractivity contribution in [3.63, 3.8) is 0 Å². The first kappa shape index (κ1) is 8.55. The van der Waals surface area contributed by atoms with Gasteiger partial charge in [-0.15, -0.1) is 0 Å². The van der Waals surface area contributed by atoms with Crippen LogP contribution in [-0.2, 0) is 0 Å². The molecule has 2 N–H and O–H groups in total. The average Bonchev–Trinajstić information content (AvgIpc) is 2.26. The maximum absolute atomic E-state index is 5.83. The summed E-state index contributed by atoms with van der Waals surface area (Å²) in [5, 5.41) is 0. The molecule has 0 aromatic heterocycles. The second kappa shape index (κ2) is 3.02. The Hall–Kier alpha value is -0.0400. The summed E-state index contributed by atoms with van der Waals surface area (Å²) in [6.45, 7) is 3.30. The van der Waals surface area contributed by atoms with Gasteiger partial charge in [0.1, 0.15) is 0 Å². The molecule has 0 radical (unpaired) electrons. The lowest BCUT2D eigenvalue weighted by molar-refractivity contribution is -0.0243. The second-order valence-electron chi connectivity index (χ2n) is 5.07. The van der Waals surface area contributed by atoms with Crippen LogP contribution in [0, 0.1) is 17.3 Å². The Morgan fingerprint density at radius 3 is 2.75 bits per heavy atom. The first-order chi connectivity index (χ1) is 5.76. The van der Waals surface area contributed by atoms with Crippen LogP contribution in [0.2, 0.25) is 0 Å². The fraction of sp³-hybridized carbons (Fsp3) is 1.00. The van der Waals surface area contributed by atoms with Crippen molar-refractivity contribution >= 4 is 0 Å². The van der Waals surface area contributed by atoms with Gasteiger partial charge in [-0.2, -0.15) is 0 Å². The maximum atomic E-state index is 5.83. The Balaban J connectivity index is 2.00. The summed E-state index contributed by atoms with van der Waals surface area (Å²) in [6, 6.07) is 0. The third-order valence-corrected chi connectivity index (χ3v) is 4.25. The monoisotopic (exact) mass is 167 g/mol. The van der Waals surface area contributed by atoms with Gasteiger partial charge in [-0.1, -0.05) is 32.6 Å². The summed E-state index contributed by atoms with van der Waals surface area (Å²) >= 11 is 0. The van der Waals surface area contributed by atoms with Crippen molar-refractivity contribution in [2.45, 2.75) is 45.4 Å². The minimum atomic E-state index is 0.523. The van der Waals surface area contributed by atoms with Gasteiger partial charge >= 0.3 is 0 Å². The van der Waals surface area contributed by atoms with Gasteiger partial charge in [0, 0.05) is 0 Å². The molecule has 2 rings (SSSR count). The van der Waals surface area contributed by atoms with Gasteiger partial charge in [-0.05, 0) is 36.6 Å². The van der Waals surface area contributed by atoms with Crippen molar-refractivity contribution in [3.8, 4) is 0 Å². The Morgan fingerprint density at radius 2 is 2.00 bits per heavy atom. The Kier molecular flexibility index (Phi) is 2.16. The van der Waals surface area contributed by atoms with Crippen LogP contribution in [0.5, 0.6) is 0 Å². The average molecular weight is 167 g/mol. The highest BCUT2D eigenvalue weighted by Gasteiger charge is 2.48. The van der Waals surface area contributed by atoms with Gasteiger partial charge in [-0.3, -0.25) is 0 Å². The van der Waals surface area contributed by atoms with Gasteiger partial charge in [0.05, 0.1) is 0 Å². The van der Waals surface area contributed by atoms with E-state index in [1.807, 2.05) is 0 Å². The lowest BCUT2D eigenvalue weighted by atomic mass is 9.53. The van der Waals surface area contributed by atoms with Gasteiger partial charge in [0.15, 0.2) is 0 Å². The third-order valence-electron chi connectivity index (χ3n) is 4.25. The molecular formula is C11H21N. The Labute approximate surface area is 75.7 Å². The minimum absolute atomic E-state index is 0.523. The van der Waals surface area contributed by atoms with Crippen molar-refractivity contribution in [2.75, 3.05) is 6.54 Å². The first-order valence-corrected chi connectivity index (χ1v) is 5.46. The molecule has 3 atom stereocenters. The first-order valence-electron chi connectivity index (χ1n) is 5.46. The van der Waals surface area contributed by atoms with Crippen LogP contribution >= 0.6 is 0 Å². The zero-order valence-corrected chi connectivity index (χ0v) is 8.18. The van der Waals surface area contributed by atoms with Crippen LogP contribution in [-0.4, -0.2) is 6.54 Å². The molecule has 0 aromatic carbocycles. The van der Waals surface area contributed by atoms with Gasteiger partial charge in [-0.25, -0.2) is 0 Å². The number of nitrogens with two attached hydrogens (primary N) is 1. The molecule has 0 spiro atoms. The zero-order chi connectivity index (χ0) is 8.60. The molecule has 0 bridgehead atoms. The molecule has 0 aliphatic heterocycles. The quantitative estimate of drug-likeness (QED) is 0.638. The van der Waals surface area contributed by atoms with Crippen molar-refractivity contribution < 1.29 is 0 Å². The second-order valence-corrected chi connectivity index (χ2v) is 5.07. The summed E-state index contributed by atoms with van der Waals surface area (Å²) in [4.78, 5) is 0. The Morgan fingerprint density at radius 1 is 1.25 bits per heavy atom. The van der Waals surface area contributed by atoms with E-state index in [4.69, 9.17) is 5.73 Å². The van der Waals surface area contributed by atoms with Crippen LogP contribution in [0.3, 0.4) is 0 Å². The fourth-order valence-corrected chi connectivity index (χ4v) is 3.37. The molecular weight excluding hydrogens is 146 g/mol. The van der Waals surface area contributed by atoms with Crippen molar-refractivity contribution in [3.05, 3.63) is 0 Å². The molecule has 2 aliphatic carbocycles. The molecule has 0 unspecified atom stereocenters. The van der Waals surface area contributed by atoms with Crippen LogP contribution < -0.4 is 5.73 Å². The van der Waals surface area contributed by atoms with Crippen LogP contribution in [0.4, 0.5) is 0 Å². The van der Waals surface area contributed by atoms with E-state index in [2.05, 4.69) is 6.92 Å². The van der Waals surface area contributed by atoms with Crippen molar-refractivity contribution in [1.29, 1.82) is 0 Å². The molecule has 12 heavy (non-hydrogen) atoms.